The smallest absolute Gasteiger partial charge is 0.179 e. The average molecular weight is 480 g/mol. The van der Waals surface area contributed by atoms with Crippen LogP contribution in [-0.2, 0) is 17.9 Å². The van der Waals surface area contributed by atoms with E-state index in [1.54, 1.807) is 4.68 Å². The van der Waals surface area contributed by atoms with Crippen molar-refractivity contribution in [1.82, 2.24) is 30.3 Å². The van der Waals surface area contributed by atoms with E-state index in [4.69, 9.17) is 4.99 Å². The highest BCUT2D eigenvalue weighted by atomic mass is 19.2. The van der Waals surface area contributed by atoms with E-state index in [9.17, 15) is 14.4 Å². The van der Waals surface area contributed by atoms with Crippen LogP contribution < -0.4 is 5.43 Å². The number of carbonyl (C=O) groups is 1. The molecule has 35 heavy (non-hydrogen) atoms. The quantitative estimate of drug-likeness (QED) is 0.586. The summed E-state index contributed by atoms with van der Waals surface area (Å²) in [4.78, 5) is 23.9. The molecule has 5 rings (SSSR count). The van der Waals surface area contributed by atoms with Crippen molar-refractivity contribution in [2.45, 2.75) is 37.8 Å². The number of aliphatic hydroxyl groups excluding tert-OH is 1. The van der Waals surface area contributed by atoms with E-state index in [1.807, 2.05) is 14.1 Å². The minimum atomic E-state index is -0.310. The molecule has 2 atom stereocenters. The number of nitrogens with zero attached hydrogens (tertiary/aromatic N) is 6. The first kappa shape index (κ1) is 23.5. The Morgan fingerprint density at radius 2 is 2.06 bits per heavy atom. The second-order valence-corrected chi connectivity index (χ2v) is 9.48. The van der Waals surface area contributed by atoms with Crippen LogP contribution in [0.25, 0.3) is 0 Å². The lowest BCUT2D eigenvalue weighted by Crippen LogP contribution is -2.43. The van der Waals surface area contributed by atoms with Gasteiger partial charge in [0.1, 0.15) is 24.4 Å². The Morgan fingerprint density at radius 3 is 2.80 bits per heavy atom. The lowest BCUT2D eigenvalue weighted by molar-refractivity contribution is -0.113. The lowest BCUT2D eigenvalue weighted by atomic mass is 9.69. The van der Waals surface area contributed by atoms with Crippen LogP contribution in [0.4, 0.5) is 4.48 Å². The minimum Gasteiger partial charge on any atom is -0.396 e. The van der Waals surface area contributed by atoms with E-state index in [0.717, 1.165) is 17.7 Å². The number of nitrogens with one attached hydrogen (secondary N) is 1. The summed E-state index contributed by atoms with van der Waals surface area (Å²) in [5.74, 6) is 0.143. The molecule has 1 aromatic heterocycles. The molecular formula is C25H30FN7O2. The van der Waals surface area contributed by atoms with Crippen LogP contribution in [0.2, 0.25) is 0 Å². The first-order valence-corrected chi connectivity index (χ1v) is 11.9. The molecular weight excluding hydrogens is 449 g/mol. The van der Waals surface area contributed by atoms with Crippen LogP contribution in [-0.4, -0.2) is 75.3 Å². The maximum atomic E-state index is 14.8. The van der Waals surface area contributed by atoms with Crippen molar-refractivity contribution in [3.63, 3.8) is 0 Å². The maximum absolute atomic E-state index is 14.8. The fraction of sp³-hybridized carbons (Fsp3) is 0.440. The standard InChI is InChI=1S/C25H30FN7O2/c1-31(2)14-16-4-6-17(7-5-16)20-10-18-12-29-33(26)21-11-19(35)13-27-24(22(18)21)23(20)25-28-15-30-32(25)8-3-9-34/h4-7,11,15,20,23,29,34H,3,8-10,12-14H2,1-2H3. The molecule has 3 aliphatic rings. The topological polar surface area (TPSA) is 98.9 Å². The molecule has 2 N–H and O–H groups in total. The number of rotatable bonds is 7. The highest BCUT2D eigenvalue weighted by molar-refractivity contribution is 6.13. The summed E-state index contributed by atoms with van der Waals surface area (Å²) in [6.45, 7) is 1.70. The van der Waals surface area contributed by atoms with E-state index >= 15 is 0 Å². The molecule has 10 heteroatoms. The molecule has 3 heterocycles. The largest absolute Gasteiger partial charge is 0.396 e. The van der Waals surface area contributed by atoms with Crippen molar-refractivity contribution in [2.75, 3.05) is 33.8 Å². The molecule has 0 radical (unpaired) electrons. The van der Waals surface area contributed by atoms with Crippen molar-refractivity contribution in [2.24, 2.45) is 4.99 Å². The maximum Gasteiger partial charge on any atom is 0.179 e. The fourth-order valence-electron chi connectivity index (χ4n) is 5.26. The zero-order valence-electron chi connectivity index (χ0n) is 20.0. The number of hydrogen-bond acceptors (Lipinski definition) is 8. The van der Waals surface area contributed by atoms with Crippen molar-refractivity contribution < 1.29 is 14.4 Å². The SMILES string of the molecule is CN(C)Cc1ccc(C2CC3=C4C(=CC(=O)CN=C4C2c2ncnn2CCCO)N(F)NC3)cc1. The second-order valence-electron chi connectivity index (χ2n) is 9.48. The van der Waals surface area contributed by atoms with Crippen molar-refractivity contribution in [3.05, 3.63) is 70.5 Å². The van der Waals surface area contributed by atoms with Crippen molar-refractivity contribution in [1.29, 1.82) is 0 Å². The molecule has 9 nitrogen and oxygen atoms in total. The van der Waals surface area contributed by atoms with Gasteiger partial charge < -0.3 is 10.0 Å². The molecule has 1 aromatic carbocycles. The van der Waals surface area contributed by atoms with Gasteiger partial charge in [-0.3, -0.25) is 9.79 Å². The van der Waals surface area contributed by atoms with E-state index in [0.29, 0.717) is 48.3 Å². The molecule has 0 saturated heterocycles. The predicted octanol–water partition coefficient (Wildman–Crippen LogP) is 1.90. The number of halogens is 1. The molecule has 0 saturated carbocycles. The van der Waals surface area contributed by atoms with E-state index in [1.165, 1.54) is 18.0 Å². The van der Waals surface area contributed by atoms with Gasteiger partial charge in [0.15, 0.2) is 5.78 Å². The number of benzene rings is 1. The number of aliphatic hydroxyl groups is 1. The minimum absolute atomic E-state index is 0.0135. The third kappa shape index (κ3) is 4.56. The summed E-state index contributed by atoms with van der Waals surface area (Å²) in [6.07, 6.45) is 4.06. The van der Waals surface area contributed by atoms with E-state index in [-0.39, 0.29) is 36.5 Å². The summed E-state index contributed by atoms with van der Waals surface area (Å²) in [6, 6.07) is 8.57. The highest BCUT2D eigenvalue weighted by Gasteiger charge is 2.44. The Bertz CT molecular complexity index is 1200. The number of carbonyl (C=O) groups excluding carboxylic acids is 1. The Hall–Kier alpha value is -3.21. The number of aryl methyl sites for hydroxylation is 1. The van der Waals surface area contributed by atoms with Crippen molar-refractivity contribution >= 4 is 11.5 Å². The van der Waals surface area contributed by atoms with Crippen molar-refractivity contribution in [3.8, 4) is 0 Å². The predicted molar refractivity (Wildman–Crippen MR) is 129 cm³/mol. The molecule has 2 aromatic rings. The third-order valence-electron chi connectivity index (χ3n) is 6.73. The molecule has 2 unspecified atom stereocenters. The summed E-state index contributed by atoms with van der Waals surface area (Å²) in [5.41, 5.74) is 7.69. The summed E-state index contributed by atoms with van der Waals surface area (Å²) in [7, 11) is 4.08. The zero-order chi connectivity index (χ0) is 24.5. The van der Waals surface area contributed by atoms with Crippen LogP contribution >= 0.6 is 0 Å². The van der Waals surface area contributed by atoms with Crippen LogP contribution in [0.3, 0.4) is 0 Å². The number of hydrogen-bond donors (Lipinski definition) is 2. The van der Waals surface area contributed by atoms with Gasteiger partial charge >= 0.3 is 0 Å². The lowest BCUT2D eigenvalue weighted by Gasteiger charge is -2.39. The molecule has 0 amide bonds. The average Bonchev–Trinajstić information content (AvgIpc) is 3.22. The second kappa shape index (κ2) is 9.80. The molecule has 0 fully saturated rings. The fourth-order valence-corrected chi connectivity index (χ4v) is 5.26. The first-order valence-electron chi connectivity index (χ1n) is 11.9. The highest BCUT2D eigenvalue weighted by Crippen LogP contribution is 2.47. The number of aliphatic imine (C=N–C) groups is 1. The van der Waals surface area contributed by atoms with Gasteiger partial charge in [-0.1, -0.05) is 28.7 Å². The number of aromatic nitrogens is 3. The molecule has 2 aliphatic heterocycles. The van der Waals surface area contributed by atoms with Crippen LogP contribution in [0.15, 0.2) is 58.5 Å². The van der Waals surface area contributed by atoms with Crippen LogP contribution in [0.1, 0.15) is 41.6 Å². The zero-order valence-corrected chi connectivity index (χ0v) is 20.0. The monoisotopic (exact) mass is 479 g/mol. The van der Waals surface area contributed by atoms with Gasteiger partial charge in [0, 0.05) is 43.8 Å². The molecule has 0 spiro atoms. The van der Waals surface area contributed by atoms with Crippen LogP contribution in [0, 0.1) is 0 Å². The molecule has 184 valence electrons. The Kier molecular flexibility index (Phi) is 6.59. The van der Waals surface area contributed by atoms with Gasteiger partial charge in [-0.05, 0) is 43.6 Å². The third-order valence-corrected chi connectivity index (χ3v) is 6.73. The van der Waals surface area contributed by atoms with Gasteiger partial charge in [0.25, 0.3) is 0 Å². The van der Waals surface area contributed by atoms with Gasteiger partial charge in [-0.15, -0.1) is 5.23 Å². The molecule has 1 aliphatic carbocycles. The van der Waals surface area contributed by atoms with E-state index in [2.05, 4.69) is 44.7 Å². The number of allylic oxidation sites excluding steroid dienone is 1. The first-order chi connectivity index (χ1) is 17.0. The number of hydrazine groups is 1. The summed E-state index contributed by atoms with van der Waals surface area (Å²) >= 11 is 0. The summed E-state index contributed by atoms with van der Waals surface area (Å²) < 4.78 is 16.6. The van der Waals surface area contributed by atoms with Crippen LogP contribution in [0.5, 0.6) is 0 Å². The Labute approximate surface area is 203 Å². The van der Waals surface area contributed by atoms with Gasteiger partial charge in [0.2, 0.25) is 0 Å². The van der Waals surface area contributed by atoms with Gasteiger partial charge in [-0.25, -0.2) is 15.1 Å². The Morgan fingerprint density at radius 1 is 1.26 bits per heavy atom. The Balaban J connectivity index is 1.64. The normalized spacial score (nSPS) is 22.2. The van der Waals surface area contributed by atoms with Gasteiger partial charge in [0.05, 0.1) is 11.6 Å². The van der Waals surface area contributed by atoms with Gasteiger partial charge in [-0.2, -0.15) is 5.10 Å². The number of ketones is 1. The van der Waals surface area contributed by atoms with E-state index < -0.39 is 0 Å². The molecule has 0 bridgehead atoms. The summed E-state index contributed by atoms with van der Waals surface area (Å²) in [5, 5.41) is 14.2.